The molecule has 3 aromatic rings. The number of anilines is 1. The summed E-state index contributed by atoms with van der Waals surface area (Å²) in [6.45, 7) is 0. The van der Waals surface area contributed by atoms with E-state index in [1.807, 2.05) is 36.4 Å². The van der Waals surface area contributed by atoms with Gasteiger partial charge in [0.25, 0.3) is 5.91 Å². The number of methoxy groups -OCH3 is 1. The molecule has 144 valence electrons. The minimum absolute atomic E-state index is 0.218. The average molecular weight is 395 g/mol. The maximum absolute atomic E-state index is 12.5. The fraction of sp³-hybridized carbons (Fsp3) is 0.286. The summed E-state index contributed by atoms with van der Waals surface area (Å²) in [6.07, 6.45) is 4.97. The lowest BCUT2D eigenvalue weighted by Gasteiger charge is -2.13. The molecule has 28 heavy (non-hydrogen) atoms. The van der Waals surface area contributed by atoms with Crippen LogP contribution in [-0.2, 0) is 0 Å². The number of benzene rings is 2. The predicted molar refractivity (Wildman–Crippen MR) is 109 cm³/mol. The first kappa shape index (κ1) is 18.4. The highest BCUT2D eigenvalue weighted by Gasteiger charge is 2.17. The maximum atomic E-state index is 12.5. The van der Waals surface area contributed by atoms with Crippen LogP contribution < -0.4 is 14.8 Å². The van der Waals surface area contributed by atoms with Crippen LogP contribution in [-0.4, -0.2) is 29.3 Å². The third kappa shape index (κ3) is 4.31. The maximum Gasteiger partial charge on any atom is 0.257 e. The molecule has 1 aliphatic carbocycles. The number of hydrogen-bond acceptors (Lipinski definition) is 6. The molecular formula is C21H21N3O3S. The van der Waals surface area contributed by atoms with Crippen molar-refractivity contribution in [1.29, 1.82) is 0 Å². The molecule has 1 heterocycles. The quantitative estimate of drug-likeness (QED) is 0.650. The van der Waals surface area contributed by atoms with Gasteiger partial charge in [0.05, 0.1) is 13.2 Å². The third-order valence-electron chi connectivity index (χ3n) is 4.70. The Labute approximate surface area is 167 Å². The minimum Gasteiger partial charge on any atom is -0.497 e. The summed E-state index contributed by atoms with van der Waals surface area (Å²) in [4.78, 5) is 12.5. The zero-order valence-corrected chi connectivity index (χ0v) is 16.4. The highest BCUT2D eigenvalue weighted by molar-refractivity contribution is 7.18. The molecule has 4 rings (SSSR count). The van der Waals surface area contributed by atoms with Crippen molar-refractivity contribution < 1.29 is 14.3 Å². The summed E-state index contributed by atoms with van der Waals surface area (Å²) >= 11 is 1.33. The summed E-state index contributed by atoms with van der Waals surface area (Å²) in [5, 5.41) is 12.2. The van der Waals surface area contributed by atoms with Crippen LogP contribution in [0.3, 0.4) is 0 Å². The SMILES string of the molecule is COc1ccc(-c2nnc(NC(=O)c3ccc(OC4CCCC4)cc3)s2)cc1. The topological polar surface area (TPSA) is 73.3 Å². The van der Waals surface area contributed by atoms with Gasteiger partial charge in [-0.3, -0.25) is 10.1 Å². The minimum atomic E-state index is -0.218. The molecule has 1 aliphatic rings. The molecule has 1 fully saturated rings. The Morgan fingerprint density at radius 3 is 2.36 bits per heavy atom. The number of amides is 1. The van der Waals surface area contributed by atoms with Crippen LogP contribution in [0.2, 0.25) is 0 Å². The summed E-state index contributed by atoms with van der Waals surface area (Å²) in [5.41, 5.74) is 1.48. The Balaban J connectivity index is 1.38. The van der Waals surface area contributed by atoms with E-state index in [1.165, 1.54) is 24.2 Å². The Kier molecular flexibility index (Phi) is 5.53. The van der Waals surface area contributed by atoms with E-state index < -0.39 is 0 Å². The molecule has 7 heteroatoms. The Hall–Kier alpha value is -2.93. The van der Waals surface area contributed by atoms with Crippen molar-refractivity contribution in [2.75, 3.05) is 12.4 Å². The van der Waals surface area contributed by atoms with Crippen molar-refractivity contribution in [2.24, 2.45) is 0 Å². The molecule has 0 unspecified atom stereocenters. The number of nitrogens with zero attached hydrogens (tertiary/aromatic N) is 2. The van der Waals surface area contributed by atoms with Crippen molar-refractivity contribution in [2.45, 2.75) is 31.8 Å². The first-order chi connectivity index (χ1) is 13.7. The van der Waals surface area contributed by atoms with E-state index in [0.29, 0.717) is 16.8 Å². The molecular weight excluding hydrogens is 374 g/mol. The van der Waals surface area contributed by atoms with Crippen LogP contribution in [0.15, 0.2) is 48.5 Å². The number of rotatable bonds is 6. The number of aromatic nitrogens is 2. The van der Waals surface area contributed by atoms with Gasteiger partial charge in [-0.05, 0) is 74.2 Å². The van der Waals surface area contributed by atoms with Crippen molar-refractivity contribution in [3.05, 3.63) is 54.1 Å². The fourth-order valence-electron chi connectivity index (χ4n) is 3.18. The standard InChI is InChI=1S/C21H21N3O3S/c1-26-16-10-8-15(9-11-16)20-23-24-21(28-20)22-19(25)14-6-12-18(13-7-14)27-17-4-2-3-5-17/h6-13,17H,2-5H2,1H3,(H,22,24,25). The van der Waals surface area contributed by atoms with E-state index in [0.717, 1.165) is 34.9 Å². The summed E-state index contributed by atoms with van der Waals surface area (Å²) in [7, 11) is 1.63. The van der Waals surface area contributed by atoms with Crippen LogP contribution in [0.1, 0.15) is 36.0 Å². The highest BCUT2D eigenvalue weighted by atomic mass is 32.1. The first-order valence-electron chi connectivity index (χ1n) is 9.27. The number of carbonyl (C=O) groups is 1. The molecule has 0 atom stereocenters. The second-order valence-corrected chi connectivity index (χ2v) is 7.62. The Bertz CT molecular complexity index is 932. The molecule has 0 spiro atoms. The van der Waals surface area contributed by atoms with Crippen LogP contribution >= 0.6 is 11.3 Å². The smallest absolute Gasteiger partial charge is 0.257 e. The van der Waals surface area contributed by atoms with E-state index in [9.17, 15) is 4.79 Å². The first-order valence-corrected chi connectivity index (χ1v) is 10.1. The number of ether oxygens (including phenoxy) is 2. The van der Waals surface area contributed by atoms with Crippen LogP contribution in [0, 0.1) is 0 Å². The summed E-state index contributed by atoms with van der Waals surface area (Å²) < 4.78 is 11.1. The van der Waals surface area contributed by atoms with Crippen molar-refractivity contribution >= 4 is 22.4 Å². The van der Waals surface area contributed by atoms with Gasteiger partial charge in [-0.1, -0.05) is 11.3 Å². The Morgan fingerprint density at radius 2 is 1.68 bits per heavy atom. The molecule has 1 N–H and O–H groups in total. The monoisotopic (exact) mass is 395 g/mol. The van der Waals surface area contributed by atoms with Gasteiger partial charge < -0.3 is 9.47 Å². The Morgan fingerprint density at radius 1 is 1.00 bits per heavy atom. The zero-order chi connectivity index (χ0) is 19.3. The van der Waals surface area contributed by atoms with Crippen LogP contribution in [0.5, 0.6) is 11.5 Å². The predicted octanol–water partition coefficient (Wildman–Crippen LogP) is 4.79. The van der Waals surface area contributed by atoms with Gasteiger partial charge in [-0.2, -0.15) is 0 Å². The van der Waals surface area contributed by atoms with Crippen LogP contribution in [0.25, 0.3) is 10.6 Å². The van der Waals surface area contributed by atoms with Crippen molar-refractivity contribution in [3.63, 3.8) is 0 Å². The summed E-state index contributed by atoms with van der Waals surface area (Å²) in [5.74, 6) is 1.37. The van der Waals surface area contributed by atoms with Gasteiger partial charge in [-0.15, -0.1) is 10.2 Å². The summed E-state index contributed by atoms with van der Waals surface area (Å²) in [6, 6.07) is 14.8. The number of hydrogen-bond donors (Lipinski definition) is 1. The van der Waals surface area contributed by atoms with Crippen molar-refractivity contribution in [3.8, 4) is 22.1 Å². The van der Waals surface area contributed by atoms with Gasteiger partial charge in [0.15, 0.2) is 0 Å². The molecule has 0 radical (unpaired) electrons. The van der Waals surface area contributed by atoms with Gasteiger partial charge in [0.2, 0.25) is 5.13 Å². The molecule has 1 aromatic heterocycles. The zero-order valence-electron chi connectivity index (χ0n) is 15.6. The van der Waals surface area contributed by atoms with E-state index in [1.54, 1.807) is 19.2 Å². The van der Waals surface area contributed by atoms with E-state index in [-0.39, 0.29) is 5.91 Å². The lowest BCUT2D eigenvalue weighted by atomic mass is 10.2. The number of nitrogens with one attached hydrogen (secondary N) is 1. The van der Waals surface area contributed by atoms with E-state index in [2.05, 4.69) is 15.5 Å². The second kappa shape index (κ2) is 8.39. The molecule has 0 saturated heterocycles. The fourth-order valence-corrected chi connectivity index (χ4v) is 3.92. The lowest BCUT2D eigenvalue weighted by Crippen LogP contribution is -2.13. The van der Waals surface area contributed by atoms with Gasteiger partial charge in [0, 0.05) is 11.1 Å². The molecule has 2 aromatic carbocycles. The largest absolute Gasteiger partial charge is 0.497 e. The van der Waals surface area contributed by atoms with Gasteiger partial charge in [-0.25, -0.2) is 0 Å². The second-order valence-electron chi connectivity index (χ2n) is 6.64. The third-order valence-corrected chi connectivity index (χ3v) is 5.59. The average Bonchev–Trinajstić information content (AvgIpc) is 3.41. The molecule has 0 aliphatic heterocycles. The highest BCUT2D eigenvalue weighted by Crippen LogP contribution is 2.28. The van der Waals surface area contributed by atoms with Crippen LogP contribution in [0.4, 0.5) is 5.13 Å². The van der Waals surface area contributed by atoms with Crippen molar-refractivity contribution in [1.82, 2.24) is 10.2 Å². The van der Waals surface area contributed by atoms with E-state index >= 15 is 0 Å². The van der Waals surface area contributed by atoms with E-state index in [4.69, 9.17) is 9.47 Å². The molecule has 1 saturated carbocycles. The number of carbonyl (C=O) groups excluding carboxylic acids is 1. The molecule has 6 nitrogen and oxygen atoms in total. The molecule has 1 amide bonds. The normalized spacial score (nSPS) is 14.0. The van der Waals surface area contributed by atoms with Gasteiger partial charge in [0.1, 0.15) is 16.5 Å². The lowest BCUT2D eigenvalue weighted by molar-refractivity contribution is 0.102. The molecule has 0 bridgehead atoms. The van der Waals surface area contributed by atoms with Gasteiger partial charge >= 0.3 is 0 Å².